The van der Waals surface area contributed by atoms with Crippen molar-refractivity contribution in [2.75, 3.05) is 11.9 Å². The van der Waals surface area contributed by atoms with Crippen LogP contribution in [0.15, 0.2) is 12.4 Å². The molecule has 1 fully saturated rings. The summed E-state index contributed by atoms with van der Waals surface area (Å²) in [5.74, 6) is 0.0222. The molecule has 2 rings (SSSR count). The molecule has 1 aromatic heterocycles. The van der Waals surface area contributed by atoms with Gasteiger partial charge >= 0.3 is 0 Å². The molecule has 0 aromatic carbocycles. The summed E-state index contributed by atoms with van der Waals surface area (Å²) in [4.78, 5) is 11.5. The van der Waals surface area contributed by atoms with Gasteiger partial charge in [-0.15, -0.1) is 0 Å². The van der Waals surface area contributed by atoms with Gasteiger partial charge in [0.2, 0.25) is 5.91 Å². The van der Waals surface area contributed by atoms with Crippen molar-refractivity contribution >= 4 is 11.6 Å². The van der Waals surface area contributed by atoms with Crippen molar-refractivity contribution in [3.8, 4) is 0 Å². The molecule has 6 nitrogen and oxygen atoms in total. The second-order valence-electron chi connectivity index (χ2n) is 4.55. The molecule has 0 spiro atoms. The van der Waals surface area contributed by atoms with Crippen molar-refractivity contribution in [1.29, 1.82) is 0 Å². The smallest absolute Gasteiger partial charge is 0.241 e. The number of anilines is 1. The Kier molecular flexibility index (Phi) is 3.63. The molecule has 1 amide bonds. The number of nitrogens with one attached hydrogen (secondary N) is 2. The largest absolute Gasteiger partial charge is 0.379 e. The average molecular weight is 237 g/mol. The third-order valence-corrected chi connectivity index (χ3v) is 2.65. The van der Waals surface area contributed by atoms with E-state index >= 15 is 0 Å². The van der Waals surface area contributed by atoms with Gasteiger partial charge in [-0.05, 0) is 19.8 Å². The van der Waals surface area contributed by atoms with E-state index in [1.165, 1.54) is 0 Å². The maximum atomic E-state index is 11.5. The predicted octanol–water partition coefficient (Wildman–Crippen LogP) is -0.0792. The van der Waals surface area contributed by atoms with Gasteiger partial charge in [0.1, 0.15) is 6.54 Å². The molecule has 1 aliphatic rings. The van der Waals surface area contributed by atoms with E-state index in [4.69, 9.17) is 5.73 Å². The zero-order valence-corrected chi connectivity index (χ0v) is 10.0. The number of hydrogen-bond acceptors (Lipinski definition) is 4. The summed E-state index contributed by atoms with van der Waals surface area (Å²) in [6, 6.07) is 0.598. The summed E-state index contributed by atoms with van der Waals surface area (Å²) in [6.07, 6.45) is 5.73. The Labute approximate surface area is 101 Å². The summed E-state index contributed by atoms with van der Waals surface area (Å²) < 4.78 is 1.63. The molecule has 94 valence electrons. The first-order chi connectivity index (χ1) is 8.17. The van der Waals surface area contributed by atoms with E-state index in [1.54, 1.807) is 10.9 Å². The molecule has 0 bridgehead atoms. The normalized spacial score (nSPS) is 16.6. The van der Waals surface area contributed by atoms with Crippen molar-refractivity contribution in [2.45, 2.75) is 38.4 Å². The van der Waals surface area contributed by atoms with Gasteiger partial charge in [-0.25, -0.2) is 0 Å². The van der Waals surface area contributed by atoms with E-state index in [0.29, 0.717) is 12.6 Å². The Bertz CT molecular complexity index is 385. The third kappa shape index (κ3) is 3.74. The number of amides is 1. The van der Waals surface area contributed by atoms with Crippen molar-refractivity contribution in [2.24, 2.45) is 5.73 Å². The van der Waals surface area contributed by atoms with Gasteiger partial charge in [0.05, 0.1) is 11.9 Å². The predicted molar refractivity (Wildman–Crippen MR) is 65.5 cm³/mol. The van der Waals surface area contributed by atoms with Crippen LogP contribution in [0.1, 0.15) is 19.8 Å². The first-order valence-corrected chi connectivity index (χ1v) is 5.96. The second kappa shape index (κ2) is 5.18. The number of nitrogens with zero attached hydrogens (tertiary/aromatic N) is 2. The first-order valence-electron chi connectivity index (χ1n) is 5.96. The Hall–Kier alpha value is -1.56. The molecule has 1 aromatic rings. The monoisotopic (exact) mass is 237 g/mol. The zero-order chi connectivity index (χ0) is 12.3. The van der Waals surface area contributed by atoms with Crippen molar-refractivity contribution in [3.05, 3.63) is 12.4 Å². The first kappa shape index (κ1) is 11.9. The summed E-state index contributed by atoms with van der Waals surface area (Å²) in [7, 11) is 0. The van der Waals surface area contributed by atoms with Crippen molar-refractivity contribution in [1.82, 2.24) is 15.1 Å². The van der Waals surface area contributed by atoms with Crippen LogP contribution in [0.2, 0.25) is 0 Å². The summed E-state index contributed by atoms with van der Waals surface area (Å²) >= 11 is 0. The highest BCUT2D eigenvalue weighted by Crippen LogP contribution is 2.18. The van der Waals surface area contributed by atoms with E-state index in [-0.39, 0.29) is 18.5 Å². The minimum absolute atomic E-state index is 0.0222. The lowest BCUT2D eigenvalue weighted by molar-refractivity contribution is -0.122. The SMILES string of the molecule is CC(CN)Nc1cnn(CC(=O)NC2CC2)c1. The van der Waals surface area contributed by atoms with Gasteiger partial charge < -0.3 is 16.4 Å². The number of nitrogens with two attached hydrogens (primary N) is 1. The Morgan fingerprint density at radius 1 is 1.71 bits per heavy atom. The lowest BCUT2D eigenvalue weighted by atomic mass is 10.3. The Morgan fingerprint density at radius 3 is 3.12 bits per heavy atom. The number of carbonyl (C=O) groups excluding carboxylic acids is 1. The Morgan fingerprint density at radius 2 is 2.47 bits per heavy atom. The van der Waals surface area contributed by atoms with Crippen LogP contribution in [0.25, 0.3) is 0 Å². The van der Waals surface area contributed by atoms with Gasteiger partial charge in [0.15, 0.2) is 0 Å². The molecule has 0 saturated heterocycles. The van der Waals surface area contributed by atoms with Crippen LogP contribution in [0.3, 0.4) is 0 Å². The molecular weight excluding hydrogens is 218 g/mol. The molecular formula is C11H19N5O. The minimum atomic E-state index is 0.0222. The van der Waals surface area contributed by atoms with Gasteiger partial charge in [0.25, 0.3) is 0 Å². The molecule has 1 unspecified atom stereocenters. The number of carbonyl (C=O) groups is 1. The fourth-order valence-corrected chi connectivity index (χ4v) is 1.52. The van der Waals surface area contributed by atoms with E-state index in [0.717, 1.165) is 18.5 Å². The third-order valence-electron chi connectivity index (χ3n) is 2.65. The average Bonchev–Trinajstić information content (AvgIpc) is 2.99. The quantitative estimate of drug-likeness (QED) is 0.646. The van der Waals surface area contributed by atoms with Gasteiger partial charge in [0, 0.05) is 24.8 Å². The summed E-state index contributed by atoms with van der Waals surface area (Å²) in [5, 5.41) is 10.2. The lowest BCUT2D eigenvalue weighted by Crippen LogP contribution is -2.29. The van der Waals surface area contributed by atoms with Crippen LogP contribution in [-0.4, -0.2) is 34.3 Å². The minimum Gasteiger partial charge on any atom is -0.379 e. The number of aromatic nitrogens is 2. The lowest BCUT2D eigenvalue weighted by Gasteiger charge is -2.09. The fraction of sp³-hybridized carbons (Fsp3) is 0.636. The van der Waals surface area contributed by atoms with E-state index in [2.05, 4.69) is 15.7 Å². The van der Waals surface area contributed by atoms with Gasteiger partial charge in [-0.3, -0.25) is 9.48 Å². The number of hydrogen-bond donors (Lipinski definition) is 3. The van der Waals surface area contributed by atoms with Crippen LogP contribution in [0.5, 0.6) is 0 Å². The fourth-order valence-electron chi connectivity index (χ4n) is 1.52. The molecule has 1 atom stereocenters. The maximum Gasteiger partial charge on any atom is 0.241 e. The van der Waals surface area contributed by atoms with Gasteiger partial charge in [-0.2, -0.15) is 5.10 Å². The highest BCUT2D eigenvalue weighted by Gasteiger charge is 2.23. The standard InChI is InChI=1S/C11H19N5O/c1-8(4-12)14-10-5-13-16(6-10)7-11(17)15-9-2-3-9/h5-6,8-9,14H,2-4,7,12H2,1H3,(H,15,17). The molecule has 1 saturated carbocycles. The topological polar surface area (TPSA) is 85.0 Å². The second-order valence-corrected chi connectivity index (χ2v) is 4.55. The highest BCUT2D eigenvalue weighted by molar-refractivity contribution is 5.76. The molecule has 1 aliphatic carbocycles. The van der Waals surface area contributed by atoms with Crippen LogP contribution in [0, 0.1) is 0 Å². The van der Waals surface area contributed by atoms with Crippen LogP contribution >= 0.6 is 0 Å². The van der Waals surface area contributed by atoms with E-state index in [9.17, 15) is 4.79 Å². The van der Waals surface area contributed by atoms with Crippen LogP contribution in [0.4, 0.5) is 5.69 Å². The van der Waals surface area contributed by atoms with Crippen molar-refractivity contribution in [3.63, 3.8) is 0 Å². The summed E-state index contributed by atoms with van der Waals surface area (Å²) in [6.45, 7) is 2.83. The molecule has 6 heteroatoms. The zero-order valence-electron chi connectivity index (χ0n) is 10.0. The van der Waals surface area contributed by atoms with Crippen molar-refractivity contribution < 1.29 is 4.79 Å². The number of rotatable bonds is 6. The molecule has 17 heavy (non-hydrogen) atoms. The van der Waals surface area contributed by atoms with E-state index < -0.39 is 0 Å². The van der Waals surface area contributed by atoms with E-state index in [1.807, 2.05) is 13.1 Å². The van der Waals surface area contributed by atoms with Crippen LogP contribution in [-0.2, 0) is 11.3 Å². The van der Waals surface area contributed by atoms with Crippen LogP contribution < -0.4 is 16.4 Å². The molecule has 0 radical (unpaired) electrons. The maximum absolute atomic E-state index is 11.5. The van der Waals surface area contributed by atoms with Gasteiger partial charge in [-0.1, -0.05) is 0 Å². The summed E-state index contributed by atoms with van der Waals surface area (Å²) in [5.41, 5.74) is 6.41. The molecule has 1 heterocycles. The molecule has 4 N–H and O–H groups in total. The highest BCUT2D eigenvalue weighted by atomic mass is 16.2. The molecule has 0 aliphatic heterocycles. The Balaban J connectivity index is 1.82.